The first-order chi connectivity index (χ1) is 7.43. The molecule has 1 nitrogen and oxygen atoms in total. The van der Waals surface area contributed by atoms with Crippen molar-refractivity contribution in [2.75, 3.05) is 13.6 Å². The Morgan fingerprint density at radius 3 is 2.25 bits per heavy atom. The van der Waals surface area contributed by atoms with Crippen molar-refractivity contribution >= 4 is 0 Å². The molecule has 1 aromatic rings. The lowest BCUT2D eigenvalue weighted by atomic mass is 9.97. The van der Waals surface area contributed by atoms with E-state index in [9.17, 15) is 0 Å². The molecule has 0 saturated heterocycles. The Morgan fingerprint density at radius 2 is 1.69 bits per heavy atom. The molecule has 0 fully saturated rings. The molecule has 1 rings (SSSR count). The van der Waals surface area contributed by atoms with Crippen LogP contribution in [0, 0.1) is 20.8 Å². The molecular weight excluding hydrogens is 194 g/mol. The molecule has 0 amide bonds. The minimum atomic E-state index is 0.631. The Bertz CT molecular complexity index is 353. The van der Waals surface area contributed by atoms with Crippen LogP contribution in [-0.2, 0) is 6.42 Å². The van der Waals surface area contributed by atoms with E-state index in [0.717, 1.165) is 13.0 Å². The molecule has 1 heteroatoms. The fourth-order valence-corrected chi connectivity index (χ4v) is 1.84. The van der Waals surface area contributed by atoms with Gasteiger partial charge in [-0.25, -0.2) is 0 Å². The first-order valence-corrected chi connectivity index (χ1v) is 6.19. The Labute approximate surface area is 100 Å². The van der Waals surface area contributed by atoms with Crippen molar-refractivity contribution in [3.8, 4) is 0 Å². The summed E-state index contributed by atoms with van der Waals surface area (Å²) < 4.78 is 0. The molecule has 1 aromatic carbocycles. The molecule has 0 aliphatic heterocycles. The number of hydrogen-bond acceptors (Lipinski definition) is 1. The Hall–Kier alpha value is -0.820. The first-order valence-electron chi connectivity index (χ1n) is 6.19. The molecule has 0 N–H and O–H groups in total. The van der Waals surface area contributed by atoms with Crippen molar-refractivity contribution in [3.63, 3.8) is 0 Å². The zero-order valence-electron chi connectivity index (χ0n) is 11.6. The highest BCUT2D eigenvalue weighted by Gasteiger charge is 2.06. The van der Waals surface area contributed by atoms with Crippen LogP contribution in [0.5, 0.6) is 0 Å². The van der Waals surface area contributed by atoms with Crippen LogP contribution in [-0.4, -0.2) is 24.5 Å². The van der Waals surface area contributed by atoms with E-state index in [1.54, 1.807) is 0 Å². The van der Waals surface area contributed by atoms with Crippen LogP contribution in [0.25, 0.3) is 0 Å². The quantitative estimate of drug-likeness (QED) is 0.749. The highest BCUT2D eigenvalue weighted by molar-refractivity contribution is 5.38. The van der Waals surface area contributed by atoms with Gasteiger partial charge in [-0.2, -0.15) is 0 Å². The average molecular weight is 219 g/mol. The molecule has 90 valence electrons. The average Bonchev–Trinajstić information content (AvgIpc) is 2.24. The van der Waals surface area contributed by atoms with Crippen LogP contribution >= 0.6 is 0 Å². The van der Waals surface area contributed by atoms with Gasteiger partial charge in [0.25, 0.3) is 0 Å². The summed E-state index contributed by atoms with van der Waals surface area (Å²) in [6, 6.07) is 5.16. The van der Waals surface area contributed by atoms with E-state index in [1.807, 2.05) is 0 Å². The van der Waals surface area contributed by atoms with Gasteiger partial charge in [0.1, 0.15) is 0 Å². The van der Waals surface area contributed by atoms with Gasteiger partial charge in [-0.15, -0.1) is 0 Å². The second-order valence-corrected chi connectivity index (χ2v) is 5.12. The molecular formula is C15H25N. The largest absolute Gasteiger partial charge is 0.304 e. The van der Waals surface area contributed by atoms with Crippen molar-refractivity contribution in [1.29, 1.82) is 0 Å². The van der Waals surface area contributed by atoms with E-state index < -0.39 is 0 Å². The molecule has 0 atom stereocenters. The monoisotopic (exact) mass is 219 g/mol. The third-order valence-corrected chi connectivity index (χ3v) is 3.79. The fourth-order valence-electron chi connectivity index (χ4n) is 1.84. The number of likely N-dealkylation sites (N-methyl/N-ethyl adjacent to an activating group) is 1. The molecule has 0 spiro atoms. The predicted molar refractivity (Wildman–Crippen MR) is 72.1 cm³/mol. The van der Waals surface area contributed by atoms with Gasteiger partial charge >= 0.3 is 0 Å². The fraction of sp³-hybridized carbons (Fsp3) is 0.600. The van der Waals surface area contributed by atoms with Crippen LogP contribution in [0.2, 0.25) is 0 Å². The lowest BCUT2D eigenvalue weighted by Crippen LogP contribution is -2.28. The minimum absolute atomic E-state index is 0.631. The van der Waals surface area contributed by atoms with E-state index in [0.29, 0.717) is 6.04 Å². The van der Waals surface area contributed by atoms with Crippen molar-refractivity contribution in [2.45, 2.75) is 47.1 Å². The predicted octanol–water partition coefficient (Wildman–Crippen LogP) is 3.49. The Balaban J connectivity index is 2.72. The van der Waals surface area contributed by atoms with Gasteiger partial charge in [-0.3, -0.25) is 0 Å². The first kappa shape index (κ1) is 13.2. The smallest absolute Gasteiger partial charge is 0.00356 e. The van der Waals surface area contributed by atoms with E-state index in [4.69, 9.17) is 0 Å². The van der Waals surface area contributed by atoms with Crippen molar-refractivity contribution < 1.29 is 0 Å². The minimum Gasteiger partial charge on any atom is -0.304 e. The van der Waals surface area contributed by atoms with Crippen molar-refractivity contribution in [1.82, 2.24) is 4.90 Å². The Kier molecular flexibility index (Phi) is 4.55. The van der Waals surface area contributed by atoms with E-state index in [1.165, 1.54) is 22.3 Å². The summed E-state index contributed by atoms with van der Waals surface area (Å²) in [7, 11) is 2.20. The van der Waals surface area contributed by atoms with Crippen LogP contribution in [0.4, 0.5) is 0 Å². The summed E-state index contributed by atoms with van der Waals surface area (Å²) in [5.74, 6) is 0. The number of aryl methyl sites for hydroxylation is 1. The molecule has 0 unspecified atom stereocenters. The van der Waals surface area contributed by atoms with Gasteiger partial charge in [-0.05, 0) is 70.3 Å². The van der Waals surface area contributed by atoms with Crippen LogP contribution in [0.15, 0.2) is 12.1 Å². The number of rotatable bonds is 4. The highest BCUT2D eigenvalue weighted by atomic mass is 15.1. The molecule has 0 aliphatic rings. The van der Waals surface area contributed by atoms with Crippen molar-refractivity contribution in [3.05, 3.63) is 34.4 Å². The van der Waals surface area contributed by atoms with Gasteiger partial charge in [-0.1, -0.05) is 12.1 Å². The van der Waals surface area contributed by atoms with Gasteiger partial charge in [0.05, 0.1) is 0 Å². The van der Waals surface area contributed by atoms with Crippen LogP contribution in [0.3, 0.4) is 0 Å². The molecule has 16 heavy (non-hydrogen) atoms. The van der Waals surface area contributed by atoms with Crippen LogP contribution < -0.4 is 0 Å². The summed E-state index contributed by atoms with van der Waals surface area (Å²) in [4.78, 5) is 2.40. The van der Waals surface area contributed by atoms with E-state index >= 15 is 0 Å². The lowest BCUT2D eigenvalue weighted by Gasteiger charge is -2.21. The topological polar surface area (TPSA) is 3.24 Å². The van der Waals surface area contributed by atoms with E-state index in [-0.39, 0.29) is 0 Å². The maximum atomic E-state index is 2.40. The maximum Gasteiger partial charge on any atom is 0.00356 e. The molecule has 0 heterocycles. The highest BCUT2D eigenvalue weighted by Crippen LogP contribution is 2.17. The number of benzene rings is 1. The number of nitrogens with zero attached hydrogens (tertiary/aromatic N) is 1. The zero-order valence-corrected chi connectivity index (χ0v) is 11.6. The second kappa shape index (κ2) is 5.49. The summed E-state index contributed by atoms with van der Waals surface area (Å²) in [5, 5.41) is 0. The second-order valence-electron chi connectivity index (χ2n) is 5.12. The molecule has 0 radical (unpaired) electrons. The van der Waals surface area contributed by atoms with E-state index in [2.05, 4.69) is 58.7 Å². The summed E-state index contributed by atoms with van der Waals surface area (Å²) >= 11 is 0. The van der Waals surface area contributed by atoms with Gasteiger partial charge in [0.15, 0.2) is 0 Å². The Morgan fingerprint density at radius 1 is 1.06 bits per heavy atom. The molecule has 0 bridgehead atoms. The van der Waals surface area contributed by atoms with Gasteiger partial charge < -0.3 is 4.90 Å². The SMILES string of the molecule is Cc1ccc(CCN(C)C(C)C)c(C)c1C. The standard InChI is InChI=1S/C15H25N/c1-11(2)16(6)10-9-15-8-7-12(3)13(4)14(15)5/h7-8,11H,9-10H2,1-6H3. The summed E-state index contributed by atoms with van der Waals surface area (Å²) in [6.45, 7) is 12.3. The zero-order chi connectivity index (χ0) is 12.3. The summed E-state index contributed by atoms with van der Waals surface area (Å²) in [6.07, 6.45) is 1.15. The van der Waals surface area contributed by atoms with Crippen LogP contribution in [0.1, 0.15) is 36.1 Å². The van der Waals surface area contributed by atoms with Gasteiger partial charge in [0, 0.05) is 12.6 Å². The molecule has 0 saturated carbocycles. The third-order valence-electron chi connectivity index (χ3n) is 3.79. The third kappa shape index (κ3) is 3.08. The van der Waals surface area contributed by atoms with Gasteiger partial charge in [0.2, 0.25) is 0 Å². The maximum absolute atomic E-state index is 2.40. The molecule has 0 aromatic heterocycles. The lowest BCUT2D eigenvalue weighted by molar-refractivity contribution is 0.277. The number of hydrogen-bond donors (Lipinski definition) is 0. The molecule has 0 aliphatic carbocycles. The summed E-state index contributed by atoms with van der Waals surface area (Å²) in [5.41, 5.74) is 5.82. The van der Waals surface area contributed by atoms with Crippen molar-refractivity contribution in [2.24, 2.45) is 0 Å². The normalized spacial score (nSPS) is 11.5.